The Kier molecular flexibility index (Phi) is 8.09. The van der Waals surface area contributed by atoms with E-state index < -0.39 is 0 Å². The zero-order valence-electron chi connectivity index (χ0n) is 17.4. The van der Waals surface area contributed by atoms with Gasteiger partial charge in [-0.15, -0.1) is 0 Å². The van der Waals surface area contributed by atoms with E-state index in [0.29, 0.717) is 17.6 Å². The predicted molar refractivity (Wildman–Crippen MR) is 125 cm³/mol. The van der Waals surface area contributed by atoms with Crippen molar-refractivity contribution in [2.45, 2.75) is 51.6 Å². The van der Waals surface area contributed by atoms with Crippen molar-refractivity contribution in [3.8, 4) is 0 Å². The van der Waals surface area contributed by atoms with Crippen LogP contribution >= 0.6 is 11.6 Å². The quantitative estimate of drug-likeness (QED) is 0.452. The van der Waals surface area contributed by atoms with E-state index in [1.165, 1.54) is 44.2 Å². The Hall–Kier alpha value is -2.59. The van der Waals surface area contributed by atoms with Crippen LogP contribution in [0, 0.1) is 5.82 Å². The van der Waals surface area contributed by atoms with Gasteiger partial charge in [0.05, 0.1) is 5.02 Å². The first-order valence-corrected chi connectivity index (χ1v) is 10.8. The summed E-state index contributed by atoms with van der Waals surface area (Å²) in [7, 11) is 0. The van der Waals surface area contributed by atoms with Crippen LogP contribution in [0.4, 0.5) is 10.2 Å². The Morgan fingerprint density at radius 3 is 2.83 bits per heavy atom. The molecule has 2 aromatic rings. The standard InChI is InChI=1S/C25H29ClFN3/c1-18(8-6-9-19(2)28-16-20-10-7-11-21(27)14-20)23-15-25(29-17-24(23)26)30-22-12-4-3-5-13-22/h6-11,14-15,17,22,28H,2-5,12-13,16H2,1H3,(H,29,30)/b9-6-,18-8+. The minimum atomic E-state index is -0.236. The molecule has 0 saturated heterocycles. The molecule has 3 rings (SSSR count). The fourth-order valence-corrected chi connectivity index (χ4v) is 3.85. The van der Waals surface area contributed by atoms with Gasteiger partial charge in [-0.3, -0.25) is 0 Å². The molecule has 2 N–H and O–H groups in total. The second kappa shape index (κ2) is 11.0. The Morgan fingerprint density at radius 2 is 2.07 bits per heavy atom. The SMILES string of the molecule is C=C(/C=C\C=C(/C)c1cc(NC2CCCCC2)ncc1Cl)NCc1cccc(F)c1. The van der Waals surface area contributed by atoms with Crippen LogP contribution < -0.4 is 10.6 Å². The second-order valence-corrected chi connectivity index (χ2v) is 8.15. The summed E-state index contributed by atoms with van der Waals surface area (Å²) >= 11 is 6.39. The van der Waals surface area contributed by atoms with E-state index in [9.17, 15) is 4.39 Å². The van der Waals surface area contributed by atoms with Gasteiger partial charge in [-0.2, -0.15) is 0 Å². The van der Waals surface area contributed by atoms with Gasteiger partial charge in [0.15, 0.2) is 0 Å². The molecular weight excluding hydrogens is 397 g/mol. The number of allylic oxidation sites excluding steroid dienone is 4. The molecule has 158 valence electrons. The highest BCUT2D eigenvalue weighted by atomic mass is 35.5. The Morgan fingerprint density at radius 1 is 1.27 bits per heavy atom. The average Bonchev–Trinajstić information content (AvgIpc) is 2.74. The summed E-state index contributed by atoms with van der Waals surface area (Å²) in [6.45, 7) is 6.54. The van der Waals surface area contributed by atoms with Gasteiger partial charge in [0.25, 0.3) is 0 Å². The van der Waals surface area contributed by atoms with E-state index in [1.807, 2.05) is 37.3 Å². The monoisotopic (exact) mass is 425 g/mol. The number of rotatable bonds is 8. The number of hydrogen-bond donors (Lipinski definition) is 2. The number of pyridine rings is 1. The maximum Gasteiger partial charge on any atom is 0.126 e. The Bertz CT molecular complexity index is 930. The third-order valence-corrected chi connectivity index (χ3v) is 5.59. The highest BCUT2D eigenvalue weighted by Gasteiger charge is 2.14. The van der Waals surface area contributed by atoms with E-state index in [2.05, 4.69) is 22.2 Å². The molecule has 1 aromatic carbocycles. The molecule has 1 aliphatic rings. The number of hydrogen-bond acceptors (Lipinski definition) is 3. The van der Waals surface area contributed by atoms with E-state index in [4.69, 9.17) is 11.6 Å². The molecule has 3 nitrogen and oxygen atoms in total. The molecular formula is C25H29ClFN3. The predicted octanol–water partition coefficient (Wildman–Crippen LogP) is 6.88. The van der Waals surface area contributed by atoms with Crippen molar-refractivity contribution < 1.29 is 4.39 Å². The van der Waals surface area contributed by atoms with Crippen LogP contribution in [0.25, 0.3) is 5.57 Å². The zero-order valence-corrected chi connectivity index (χ0v) is 18.2. The molecule has 30 heavy (non-hydrogen) atoms. The third-order valence-electron chi connectivity index (χ3n) is 5.29. The van der Waals surface area contributed by atoms with Crippen molar-refractivity contribution in [1.82, 2.24) is 10.3 Å². The van der Waals surface area contributed by atoms with Gasteiger partial charge >= 0.3 is 0 Å². The van der Waals surface area contributed by atoms with Crippen LogP contribution in [0.2, 0.25) is 5.02 Å². The van der Waals surface area contributed by atoms with Gasteiger partial charge in [-0.05, 0) is 55.2 Å². The van der Waals surface area contributed by atoms with Crippen molar-refractivity contribution in [2.24, 2.45) is 0 Å². The second-order valence-electron chi connectivity index (χ2n) is 7.75. The molecule has 5 heteroatoms. The minimum absolute atomic E-state index is 0.236. The van der Waals surface area contributed by atoms with Crippen LogP contribution in [0.1, 0.15) is 50.2 Å². The highest BCUT2D eigenvalue weighted by molar-refractivity contribution is 6.32. The third kappa shape index (κ3) is 6.74. The summed E-state index contributed by atoms with van der Waals surface area (Å²) in [6.07, 6.45) is 13.8. The maximum atomic E-state index is 13.2. The van der Waals surface area contributed by atoms with Gasteiger partial charge in [-0.25, -0.2) is 9.37 Å². The molecule has 0 aliphatic heterocycles. The van der Waals surface area contributed by atoms with Crippen molar-refractivity contribution >= 4 is 23.0 Å². The number of anilines is 1. The largest absolute Gasteiger partial charge is 0.381 e. The summed E-state index contributed by atoms with van der Waals surface area (Å²) < 4.78 is 13.2. The molecule has 0 atom stereocenters. The maximum absolute atomic E-state index is 13.2. The van der Waals surface area contributed by atoms with Crippen LogP contribution in [-0.2, 0) is 6.54 Å². The lowest BCUT2D eigenvalue weighted by molar-refractivity contribution is 0.462. The van der Waals surface area contributed by atoms with E-state index in [0.717, 1.165) is 28.2 Å². The first kappa shape index (κ1) is 22.1. The lowest BCUT2D eigenvalue weighted by Gasteiger charge is -2.23. The number of nitrogens with one attached hydrogen (secondary N) is 2. The average molecular weight is 426 g/mol. The summed E-state index contributed by atoms with van der Waals surface area (Å²) in [6, 6.07) is 9.05. The lowest BCUT2D eigenvalue weighted by atomic mass is 9.95. The van der Waals surface area contributed by atoms with Gasteiger partial charge in [-0.1, -0.05) is 61.7 Å². The van der Waals surface area contributed by atoms with Gasteiger partial charge < -0.3 is 10.6 Å². The summed E-state index contributed by atoms with van der Waals surface area (Å²) in [5.41, 5.74) is 3.64. The highest BCUT2D eigenvalue weighted by Crippen LogP contribution is 2.27. The molecule has 1 aromatic heterocycles. The summed E-state index contributed by atoms with van der Waals surface area (Å²) in [5.74, 6) is 0.639. The fraction of sp³-hybridized carbons (Fsp3) is 0.320. The molecule has 0 spiro atoms. The van der Waals surface area contributed by atoms with Gasteiger partial charge in [0.2, 0.25) is 0 Å². The first-order chi connectivity index (χ1) is 14.5. The molecule has 1 saturated carbocycles. The van der Waals surface area contributed by atoms with Gasteiger partial charge in [0.1, 0.15) is 11.6 Å². The van der Waals surface area contributed by atoms with Crippen molar-refractivity contribution in [1.29, 1.82) is 0 Å². The van der Waals surface area contributed by atoms with E-state index in [1.54, 1.807) is 12.3 Å². The minimum Gasteiger partial charge on any atom is -0.381 e. The van der Waals surface area contributed by atoms with Crippen LogP contribution in [0.3, 0.4) is 0 Å². The molecule has 0 radical (unpaired) electrons. The summed E-state index contributed by atoms with van der Waals surface area (Å²) in [5, 5.41) is 7.36. The smallest absolute Gasteiger partial charge is 0.126 e. The molecule has 1 heterocycles. The van der Waals surface area contributed by atoms with E-state index in [-0.39, 0.29) is 5.82 Å². The number of benzene rings is 1. The van der Waals surface area contributed by atoms with Crippen molar-refractivity contribution in [3.63, 3.8) is 0 Å². The fourth-order valence-electron chi connectivity index (χ4n) is 3.60. The zero-order chi connectivity index (χ0) is 21.3. The first-order valence-electron chi connectivity index (χ1n) is 10.5. The van der Waals surface area contributed by atoms with Crippen molar-refractivity contribution in [3.05, 3.63) is 89.0 Å². The molecule has 1 aliphatic carbocycles. The molecule has 0 unspecified atom stereocenters. The number of aromatic nitrogens is 1. The number of nitrogens with zero attached hydrogens (tertiary/aromatic N) is 1. The summed E-state index contributed by atoms with van der Waals surface area (Å²) in [4.78, 5) is 4.44. The number of halogens is 2. The normalized spacial score (nSPS) is 15.4. The molecule has 0 bridgehead atoms. The van der Waals surface area contributed by atoms with Crippen molar-refractivity contribution in [2.75, 3.05) is 5.32 Å². The van der Waals surface area contributed by atoms with Gasteiger partial charge in [0, 0.05) is 30.0 Å². The Balaban J connectivity index is 1.58. The van der Waals surface area contributed by atoms with E-state index >= 15 is 0 Å². The van der Waals surface area contributed by atoms with Crippen LogP contribution in [0.15, 0.2) is 67.0 Å². The van der Waals surface area contributed by atoms with Crippen LogP contribution in [-0.4, -0.2) is 11.0 Å². The molecule has 1 fully saturated rings. The Labute approximate surface area is 183 Å². The lowest BCUT2D eigenvalue weighted by Crippen LogP contribution is -2.22. The topological polar surface area (TPSA) is 37.0 Å². The van der Waals surface area contributed by atoms with Crippen LogP contribution in [0.5, 0.6) is 0 Å². The molecule has 0 amide bonds.